The minimum absolute atomic E-state index is 0.154. The summed E-state index contributed by atoms with van der Waals surface area (Å²) in [5.41, 5.74) is -1.30. The lowest BCUT2D eigenvalue weighted by atomic mass is 10.0. The molecule has 2 rings (SSSR count). The quantitative estimate of drug-likeness (QED) is 0.377. The van der Waals surface area contributed by atoms with Gasteiger partial charge in [-0.15, -0.1) is 0 Å². The lowest BCUT2D eigenvalue weighted by molar-refractivity contribution is 0.0980. The molecule has 0 fully saturated rings. The fourth-order valence-corrected chi connectivity index (χ4v) is 1.66. The zero-order valence-corrected chi connectivity index (χ0v) is 10.1. The van der Waals surface area contributed by atoms with E-state index in [0.717, 1.165) is 0 Å². The van der Waals surface area contributed by atoms with E-state index in [4.69, 9.17) is 0 Å². The highest BCUT2D eigenvalue weighted by Gasteiger charge is 2.29. The molecule has 0 radical (unpaired) electrons. The highest BCUT2D eigenvalue weighted by molar-refractivity contribution is 5.97. The number of carbonyl (C=O) groups is 1. The molecule has 0 saturated carbocycles. The van der Waals surface area contributed by atoms with E-state index >= 15 is 0 Å². The maximum absolute atomic E-state index is 13.4. The van der Waals surface area contributed by atoms with Crippen LogP contribution in [0.15, 0.2) is 12.3 Å². The first-order valence-corrected chi connectivity index (χ1v) is 5.36. The van der Waals surface area contributed by atoms with Gasteiger partial charge in [-0.05, 0) is 6.07 Å². The van der Waals surface area contributed by atoms with Crippen molar-refractivity contribution in [2.24, 2.45) is 7.05 Å². The third-order valence-electron chi connectivity index (χ3n) is 2.60. The Labute approximate surface area is 109 Å². The second-order valence-electron chi connectivity index (χ2n) is 4.03. The Morgan fingerprint density at radius 2 is 1.55 bits per heavy atom. The number of Topliss-reactive ketones (excluding diaryl/α,β-unsaturated/α-hetero) is 1. The van der Waals surface area contributed by atoms with E-state index in [1.165, 1.54) is 16.9 Å². The third kappa shape index (κ3) is 2.28. The molecular weight excluding hydrogens is 283 g/mol. The zero-order chi connectivity index (χ0) is 15.0. The molecule has 1 heterocycles. The second kappa shape index (κ2) is 5.03. The van der Waals surface area contributed by atoms with Gasteiger partial charge in [0.2, 0.25) is 5.82 Å². The van der Waals surface area contributed by atoms with Crippen LogP contribution in [0.25, 0.3) is 0 Å². The first-order valence-electron chi connectivity index (χ1n) is 5.36. The number of hydrogen-bond acceptors (Lipinski definition) is 2. The van der Waals surface area contributed by atoms with Gasteiger partial charge < -0.3 is 0 Å². The molecule has 0 bridgehead atoms. The van der Waals surface area contributed by atoms with Crippen molar-refractivity contribution < 1.29 is 26.7 Å². The second-order valence-corrected chi connectivity index (χ2v) is 4.03. The number of aryl methyl sites for hydroxylation is 1. The van der Waals surface area contributed by atoms with Crippen LogP contribution >= 0.6 is 0 Å². The van der Waals surface area contributed by atoms with Crippen LogP contribution in [0.2, 0.25) is 0 Å². The van der Waals surface area contributed by atoms with Crippen LogP contribution in [-0.4, -0.2) is 15.6 Å². The van der Waals surface area contributed by atoms with Gasteiger partial charge >= 0.3 is 0 Å². The van der Waals surface area contributed by atoms with Crippen LogP contribution < -0.4 is 0 Å². The summed E-state index contributed by atoms with van der Waals surface area (Å²) < 4.78 is 66.9. The van der Waals surface area contributed by atoms with Crippen molar-refractivity contribution >= 4 is 5.78 Å². The standard InChI is InChI=1S/C12H7F5N2O/c1-19-3-2-5(18-19)4-6(20)7-8(13)10(15)12(17)11(16)9(7)14/h2-3H,4H2,1H3. The van der Waals surface area contributed by atoms with Crippen LogP contribution in [0.1, 0.15) is 16.1 Å². The molecule has 106 valence electrons. The van der Waals surface area contributed by atoms with Gasteiger partial charge in [-0.25, -0.2) is 22.0 Å². The molecule has 0 spiro atoms. The number of ketones is 1. The lowest BCUT2D eigenvalue weighted by Crippen LogP contribution is -2.15. The van der Waals surface area contributed by atoms with Crippen LogP contribution in [0.4, 0.5) is 22.0 Å². The Kier molecular flexibility index (Phi) is 3.56. The van der Waals surface area contributed by atoms with E-state index in [1.54, 1.807) is 7.05 Å². The largest absolute Gasteiger partial charge is 0.294 e. The molecule has 0 aliphatic carbocycles. The Morgan fingerprint density at radius 1 is 1.05 bits per heavy atom. The Hall–Kier alpha value is -2.25. The lowest BCUT2D eigenvalue weighted by Gasteiger charge is -2.06. The Morgan fingerprint density at radius 3 is 2.00 bits per heavy atom. The van der Waals surface area contributed by atoms with Gasteiger partial charge in [0.25, 0.3) is 0 Å². The maximum atomic E-state index is 13.4. The number of aromatic nitrogens is 2. The molecule has 0 N–H and O–H groups in total. The normalized spacial score (nSPS) is 10.9. The van der Waals surface area contributed by atoms with Crippen molar-refractivity contribution in [1.29, 1.82) is 0 Å². The van der Waals surface area contributed by atoms with Gasteiger partial charge in [-0.2, -0.15) is 5.10 Å². The summed E-state index contributed by atoms with van der Waals surface area (Å²) in [5, 5.41) is 3.79. The molecule has 0 unspecified atom stereocenters. The molecule has 3 nitrogen and oxygen atoms in total. The smallest absolute Gasteiger partial charge is 0.200 e. The molecule has 1 aromatic carbocycles. The molecule has 8 heteroatoms. The van der Waals surface area contributed by atoms with Crippen molar-refractivity contribution in [2.75, 3.05) is 0 Å². The summed E-state index contributed by atoms with van der Waals surface area (Å²) in [4.78, 5) is 11.7. The first-order chi connectivity index (χ1) is 9.32. The number of rotatable bonds is 3. The number of hydrogen-bond donors (Lipinski definition) is 0. The minimum Gasteiger partial charge on any atom is -0.294 e. The summed E-state index contributed by atoms with van der Waals surface area (Å²) in [5.74, 6) is -12.1. The molecule has 0 aliphatic rings. The van der Waals surface area contributed by atoms with Gasteiger partial charge in [0.1, 0.15) is 0 Å². The molecule has 0 amide bonds. The summed E-state index contributed by atoms with van der Waals surface area (Å²) in [6.07, 6.45) is 0.903. The Bertz CT molecular complexity index is 666. The van der Waals surface area contributed by atoms with Crippen LogP contribution in [0, 0.1) is 29.1 Å². The van der Waals surface area contributed by atoms with E-state index in [0.29, 0.717) is 0 Å². The van der Waals surface area contributed by atoms with Crippen LogP contribution in [-0.2, 0) is 13.5 Å². The van der Waals surface area contributed by atoms with Crippen molar-refractivity contribution in [3.8, 4) is 0 Å². The summed E-state index contributed by atoms with van der Waals surface area (Å²) in [6.45, 7) is 0. The fraction of sp³-hybridized carbons (Fsp3) is 0.167. The van der Waals surface area contributed by atoms with E-state index in [9.17, 15) is 26.7 Å². The van der Waals surface area contributed by atoms with Crippen LogP contribution in [0.5, 0.6) is 0 Å². The number of halogens is 5. The summed E-state index contributed by atoms with van der Waals surface area (Å²) >= 11 is 0. The van der Waals surface area contributed by atoms with E-state index in [-0.39, 0.29) is 5.69 Å². The SMILES string of the molecule is Cn1ccc(CC(=O)c2c(F)c(F)c(F)c(F)c2F)n1. The molecular formula is C12H7F5N2O. The number of nitrogens with zero attached hydrogens (tertiary/aromatic N) is 2. The van der Waals surface area contributed by atoms with E-state index in [2.05, 4.69) is 5.10 Å². The predicted octanol–water partition coefficient (Wildman–Crippen LogP) is 2.54. The molecule has 1 aromatic heterocycles. The molecule has 0 aliphatic heterocycles. The topological polar surface area (TPSA) is 34.9 Å². The molecule has 0 atom stereocenters. The maximum Gasteiger partial charge on any atom is 0.200 e. The monoisotopic (exact) mass is 290 g/mol. The van der Waals surface area contributed by atoms with Gasteiger partial charge in [-0.3, -0.25) is 9.48 Å². The van der Waals surface area contributed by atoms with Gasteiger partial charge in [-0.1, -0.05) is 0 Å². The first kappa shape index (κ1) is 14.2. The van der Waals surface area contributed by atoms with E-state index < -0.39 is 46.9 Å². The van der Waals surface area contributed by atoms with E-state index in [1.807, 2.05) is 0 Å². The Balaban J connectivity index is 2.45. The van der Waals surface area contributed by atoms with Crippen LogP contribution in [0.3, 0.4) is 0 Å². The average molecular weight is 290 g/mol. The zero-order valence-electron chi connectivity index (χ0n) is 10.1. The molecule has 20 heavy (non-hydrogen) atoms. The number of benzene rings is 1. The average Bonchev–Trinajstić information content (AvgIpc) is 2.79. The third-order valence-corrected chi connectivity index (χ3v) is 2.60. The molecule has 2 aromatic rings. The number of carbonyl (C=O) groups excluding carboxylic acids is 1. The van der Waals surface area contributed by atoms with Crippen molar-refractivity contribution in [3.05, 3.63) is 52.6 Å². The fourth-order valence-electron chi connectivity index (χ4n) is 1.66. The van der Waals surface area contributed by atoms with Gasteiger partial charge in [0, 0.05) is 13.2 Å². The highest BCUT2D eigenvalue weighted by Crippen LogP contribution is 2.24. The summed E-state index contributed by atoms with van der Waals surface area (Å²) in [7, 11) is 1.55. The van der Waals surface area contributed by atoms with Crippen molar-refractivity contribution in [2.45, 2.75) is 6.42 Å². The molecule has 0 saturated heterocycles. The van der Waals surface area contributed by atoms with Gasteiger partial charge in [0.05, 0.1) is 17.7 Å². The van der Waals surface area contributed by atoms with Crippen molar-refractivity contribution in [1.82, 2.24) is 9.78 Å². The predicted molar refractivity (Wildman–Crippen MR) is 57.5 cm³/mol. The van der Waals surface area contributed by atoms with Crippen molar-refractivity contribution in [3.63, 3.8) is 0 Å². The summed E-state index contributed by atoms with van der Waals surface area (Å²) in [6, 6.07) is 1.39. The van der Waals surface area contributed by atoms with Gasteiger partial charge in [0.15, 0.2) is 29.1 Å². The highest BCUT2D eigenvalue weighted by atomic mass is 19.2. The minimum atomic E-state index is -2.30.